The second-order valence-corrected chi connectivity index (χ2v) is 4.15. The maximum atomic E-state index is 13.2. The molecule has 2 nitrogen and oxygen atoms in total. The van der Waals surface area contributed by atoms with E-state index in [1.165, 1.54) is 18.2 Å². The molecule has 0 radical (unpaired) electrons. The first kappa shape index (κ1) is 15.7. The molecular formula is C17H18FNO. The molecule has 0 saturated heterocycles. The summed E-state index contributed by atoms with van der Waals surface area (Å²) in [6, 6.07) is 4.17. The SMILES string of the molecule is C#Cc1cc(NC(=O)C2=CCC(C)=C2)ccc1F.CC. The van der Waals surface area contributed by atoms with Crippen LogP contribution in [0.15, 0.2) is 41.5 Å². The van der Waals surface area contributed by atoms with Crippen LogP contribution in [0.3, 0.4) is 0 Å². The summed E-state index contributed by atoms with van der Waals surface area (Å²) in [6.45, 7) is 5.96. The standard InChI is InChI=1S/C15H12FNO.C2H6/c1-3-11-9-13(6-7-14(11)16)17-15(18)12-5-4-10(2)8-12;1-2/h1,5-9H,4H2,2H3,(H,17,18);1-2H3. The minimum atomic E-state index is -0.466. The van der Waals surface area contributed by atoms with Crippen molar-refractivity contribution in [3.8, 4) is 12.3 Å². The molecule has 0 aliphatic heterocycles. The molecule has 0 spiro atoms. The number of hydrogen-bond donors (Lipinski definition) is 1. The van der Waals surface area contributed by atoms with Crippen LogP contribution in [0.4, 0.5) is 10.1 Å². The van der Waals surface area contributed by atoms with Gasteiger partial charge in [0, 0.05) is 11.3 Å². The Kier molecular flexibility index (Phi) is 5.74. The lowest BCUT2D eigenvalue weighted by atomic mass is 10.2. The minimum Gasteiger partial charge on any atom is -0.322 e. The molecule has 20 heavy (non-hydrogen) atoms. The van der Waals surface area contributed by atoms with Gasteiger partial charge in [0.25, 0.3) is 5.91 Å². The van der Waals surface area contributed by atoms with Crippen molar-refractivity contribution in [2.75, 3.05) is 5.32 Å². The summed E-state index contributed by atoms with van der Waals surface area (Å²) in [5.74, 6) is 1.56. The molecule has 0 bridgehead atoms. The number of halogens is 1. The Morgan fingerprint density at radius 3 is 2.65 bits per heavy atom. The van der Waals surface area contributed by atoms with Crippen LogP contribution in [-0.4, -0.2) is 5.91 Å². The van der Waals surface area contributed by atoms with Gasteiger partial charge in [-0.25, -0.2) is 4.39 Å². The predicted molar refractivity (Wildman–Crippen MR) is 80.8 cm³/mol. The van der Waals surface area contributed by atoms with E-state index >= 15 is 0 Å². The third kappa shape index (κ3) is 3.83. The Balaban J connectivity index is 0.000000956. The Bertz CT molecular complexity index is 606. The van der Waals surface area contributed by atoms with Crippen molar-refractivity contribution in [2.45, 2.75) is 27.2 Å². The van der Waals surface area contributed by atoms with E-state index in [4.69, 9.17) is 6.42 Å². The number of benzene rings is 1. The molecule has 0 saturated carbocycles. The molecule has 3 heteroatoms. The number of terminal acetylenes is 1. The topological polar surface area (TPSA) is 29.1 Å². The molecule has 0 unspecified atom stereocenters. The van der Waals surface area contributed by atoms with Crippen LogP contribution in [0.25, 0.3) is 0 Å². The first-order valence-electron chi connectivity index (χ1n) is 6.55. The maximum Gasteiger partial charge on any atom is 0.255 e. The van der Waals surface area contributed by atoms with E-state index < -0.39 is 5.82 Å². The first-order chi connectivity index (χ1) is 9.60. The summed E-state index contributed by atoms with van der Waals surface area (Å²) in [4.78, 5) is 11.9. The molecular weight excluding hydrogens is 253 g/mol. The molecule has 2 rings (SSSR count). The van der Waals surface area contributed by atoms with Gasteiger partial charge >= 0.3 is 0 Å². The lowest BCUT2D eigenvalue weighted by molar-refractivity contribution is -0.112. The molecule has 0 heterocycles. The molecule has 104 valence electrons. The first-order valence-corrected chi connectivity index (χ1v) is 6.55. The summed E-state index contributed by atoms with van der Waals surface area (Å²) in [6.07, 6.45) is 9.65. The van der Waals surface area contributed by atoms with Crippen molar-refractivity contribution in [1.82, 2.24) is 0 Å². The van der Waals surface area contributed by atoms with Gasteiger partial charge in [0.05, 0.1) is 5.56 Å². The monoisotopic (exact) mass is 271 g/mol. The highest BCUT2D eigenvalue weighted by Gasteiger charge is 2.12. The summed E-state index contributed by atoms with van der Waals surface area (Å²) in [7, 11) is 0. The summed E-state index contributed by atoms with van der Waals surface area (Å²) >= 11 is 0. The second-order valence-electron chi connectivity index (χ2n) is 4.15. The van der Waals surface area contributed by atoms with Crippen LogP contribution in [0, 0.1) is 18.2 Å². The van der Waals surface area contributed by atoms with Crippen molar-refractivity contribution < 1.29 is 9.18 Å². The van der Waals surface area contributed by atoms with E-state index in [2.05, 4.69) is 11.2 Å². The van der Waals surface area contributed by atoms with E-state index in [1.54, 1.807) is 0 Å². The minimum absolute atomic E-state index is 0.139. The molecule has 0 fully saturated rings. The average molecular weight is 271 g/mol. The normalized spacial score (nSPS) is 12.6. The molecule has 1 aromatic carbocycles. The second kappa shape index (κ2) is 7.30. The molecule has 0 aromatic heterocycles. The van der Waals surface area contributed by atoms with Crippen molar-refractivity contribution in [1.29, 1.82) is 0 Å². The highest BCUT2D eigenvalue weighted by atomic mass is 19.1. The van der Waals surface area contributed by atoms with E-state index in [1.807, 2.05) is 32.9 Å². The van der Waals surface area contributed by atoms with E-state index in [0.717, 1.165) is 12.0 Å². The van der Waals surface area contributed by atoms with Crippen LogP contribution in [-0.2, 0) is 4.79 Å². The largest absolute Gasteiger partial charge is 0.322 e. The Morgan fingerprint density at radius 1 is 1.40 bits per heavy atom. The van der Waals surface area contributed by atoms with Crippen molar-refractivity contribution in [3.05, 3.63) is 52.9 Å². The third-order valence-corrected chi connectivity index (χ3v) is 2.69. The van der Waals surface area contributed by atoms with Crippen LogP contribution in [0.1, 0.15) is 32.8 Å². The van der Waals surface area contributed by atoms with E-state index in [-0.39, 0.29) is 11.5 Å². The zero-order valence-electron chi connectivity index (χ0n) is 12.0. The Labute approximate surface area is 119 Å². The summed E-state index contributed by atoms with van der Waals surface area (Å²) in [5, 5.41) is 2.69. The summed E-state index contributed by atoms with van der Waals surface area (Å²) in [5.41, 5.74) is 2.40. The number of rotatable bonds is 2. The number of nitrogens with one attached hydrogen (secondary N) is 1. The van der Waals surface area contributed by atoms with Gasteiger partial charge < -0.3 is 5.32 Å². The van der Waals surface area contributed by atoms with Gasteiger partial charge in [0.2, 0.25) is 0 Å². The average Bonchev–Trinajstić information content (AvgIpc) is 2.90. The fraction of sp³-hybridized carbons (Fsp3) is 0.235. The quantitative estimate of drug-likeness (QED) is 0.808. The number of anilines is 1. The van der Waals surface area contributed by atoms with Crippen LogP contribution < -0.4 is 5.32 Å². The molecule has 1 N–H and O–H groups in total. The zero-order chi connectivity index (χ0) is 15.1. The van der Waals surface area contributed by atoms with E-state index in [0.29, 0.717) is 11.3 Å². The number of hydrogen-bond acceptors (Lipinski definition) is 1. The van der Waals surface area contributed by atoms with Gasteiger partial charge in [0.1, 0.15) is 5.82 Å². The highest BCUT2D eigenvalue weighted by Crippen LogP contribution is 2.19. The van der Waals surface area contributed by atoms with Gasteiger partial charge in [-0.1, -0.05) is 37.5 Å². The smallest absolute Gasteiger partial charge is 0.255 e. The van der Waals surface area contributed by atoms with Crippen molar-refractivity contribution >= 4 is 11.6 Å². The Morgan fingerprint density at radius 2 is 2.10 bits per heavy atom. The zero-order valence-corrected chi connectivity index (χ0v) is 12.0. The van der Waals surface area contributed by atoms with Crippen molar-refractivity contribution in [3.63, 3.8) is 0 Å². The van der Waals surface area contributed by atoms with Crippen LogP contribution >= 0.6 is 0 Å². The summed E-state index contributed by atoms with van der Waals surface area (Å²) < 4.78 is 13.2. The van der Waals surface area contributed by atoms with Gasteiger partial charge in [0.15, 0.2) is 0 Å². The number of amides is 1. The van der Waals surface area contributed by atoms with Crippen LogP contribution in [0.2, 0.25) is 0 Å². The van der Waals surface area contributed by atoms with Gasteiger partial charge in [-0.15, -0.1) is 6.42 Å². The molecule has 1 amide bonds. The van der Waals surface area contributed by atoms with Crippen LogP contribution in [0.5, 0.6) is 0 Å². The predicted octanol–water partition coefficient (Wildman–Crippen LogP) is 4.05. The highest BCUT2D eigenvalue weighted by molar-refractivity contribution is 6.06. The Hall–Kier alpha value is -2.34. The third-order valence-electron chi connectivity index (χ3n) is 2.69. The number of carbonyl (C=O) groups excluding carboxylic acids is 1. The maximum absolute atomic E-state index is 13.2. The van der Waals surface area contributed by atoms with Gasteiger partial charge in [-0.2, -0.15) is 0 Å². The lowest BCUT2D eigenvalue weighted by Gasteiger charge is -2.05. The molecule has 0 atom stereocenters. The molecule has 1 aromatic rings. The van der Waals surface area contributed by atoms with E-state index in [9.17, 15) is 9.18 Å². The molecule has 1 aliphatic rings. The van der Waals surface area contributed by atoms with Gasteiger partial charge in [-0.05, 0) is 31.5 Å². The van der Waals surface area contributed by atoms with Crippen molar-refractivity contribution in [2.24, 2.45) is 0 Å². The fourth-order valence-electron chi connectivity index (χ4n) is 1.73. The van der Waals surface area contributed by atoms with Gasteiger partial charge in [-0.3, -0.25) is 4.79 Å². The fourth-order valence-corrected chi connectivity index (χ4v) is 1.73. The lowest BCUT2D eigenvalue weighted by Crippen LogP contribution is -2.12. The number of carbonyl (C=O) groups is 1. The molecule has 1 aliphatic carbocycles. The number of allylic oxidation sites excluding steroid dienone is 2.